The molecule has 0 spiro atoms. The highest BCUT2D eigenvalue weighted by Crippen LogP contribution is 2.24. The minimum atomic E-state index is -0.525. The van der Waals surface area contributed by atoms with E-state index in [1.54, 1.807) is 4.68 Å². The van der Waals surface area contributed by atoms with Gasteiger partial charge in [0.25, 0.3) is 0 Å². The Labute approximate surface area is 119 Å². The van der Waals surface area contributed by atoms with Crippen molar-refractivity contribution >= 4 is 0 Å². The van der Waals surface area contributed by atoms with Gasteiger partial charge in [0.05, 0.1) is 25.5 Å². The topological polar surface area (TPSA) is 60.2 Å². The van der Waals surface area contributed by atoms with Crippen LogP contribution in [0.25, 0.3) is 0 Å². The monoisotopic (exact) mass is 275 g/mol. The molecule has 0 aliphatic rings. The average Bonchev–Trinajstić information content (AvgIpc) is 2.96. The van der Waals surface area contributed by atoms with Crippen molar-refractivity contribution in [1.82, 2.24) is 15.0 Å². The van der Waals surface area contributed by atoms with E-state index in [9.17, 15) is 0 Å². The summed E-state index contributed by atoms with van der Waals surface area (Å²) < 4.78 is 7.61. The lowest BCUT2D eigenvalue weighted by atomic mass is 10.1. The summed E-state index contributed by atoms with van der Waals surface area (Å²) in [5.74, 6) is 0. The number of aliphatic hydroxyl groups excluding tert-OH is 1. The van der Waals surface area contributed by atoms with Gasteiger partial charge >= 0.3 is 0 Å². The molecule has 1 heterocycles. The number of hydrogen-bond acceptors (Lipinski definition) is 4. The average molecular weight is 275 g/mol. The molecule has 0 saturated carbocycles. The third-order valence-corrected chi connectivity index (χ3v) is 3.29. The van der Waals surface area contributed by atoms with Crippen molar-refractivity contribution in [2.45, 2.75) is 39.0 Å². The SMILES string of the molecule is C[C@@H](CO)n1cc(C(C)(C)OCc2ccccc2)nn1. The largest absolute Gasteiger partial charge is 0.394 e. The Balaban J connectivity index is 2.04. The molecule has 1 aromatic heterocycles. The van der Waals surface area contributed by atoms with Crippen LogP contribution >= 0.6 is 0 Å². The second-order valence-electron chi connectivity index (χ2n) is 5.40. The lowest BCUT2D eigenvalue weighted by Gasteiger charge is -2.22. The van der Waals surface area contributed by atoms with Crippen LogP contribution < -0.4 is 0 Å². The van der Waals surface area contributed by atoms with E-state index in [2.05, 4.69) is 10.3 Å². The van der Waals surface area contributed by atoms with Gasteiger partial charge in [0.2, 0.25) is 0 Å². The minimum Gasteiger partial charge on any atom is -0.394 e. The smallest absolute Gasteiger partial charge is 0.114 e. The van der Waals surface area contributed by atoms with Crippen LogP contribution in [0.15, 0.2) is 36.5 Å². The van der Waals surface area contributed by atoms with Gasteiger partial charge in [-0.3, -0.25) is 0 Å². The molecule has 1 aromatic carbocycles. The lowest BCUT2D eigenvalue weighted by molar-refractivity contribution is -0.0368. The molecular weight excluding hydrogens is 254 g/mol. The molecule has 0 saturated heterocycles. The van der Waals surface area contributed by atoms with Crippen molar-refractivity contribution in [1.29, 1.82) is 0 Å². The van der Waals surface area contributed by atoms with Crippen LogP contribution in [0.5, 0.6) is 0 Å². The van der Waals surface area contributed by atoms with Gasteiger partial charge in [-0.1, -0.05) is 35.5 Å². The third kappa shape index (κ3) is 3.43. The molecule has 20 heavy (non-hydrogen) atoms. The number of aromatic nitrogens is 3. The zero-order chi connectivity index (χ0) is 14.6. The molecule has 108 valence electrons. The molecule has 2 aromatic rings. The van der Waals surface area contributed by atoms with Crippen LogP contribution in [-0.2, 0) is 16.9 Å². The molecule has 2 rings (SSSR count). The van der Waals surface area contributed by atoms with E-state index in [1.807, 2.05) is 57.3 Å². The highest BCUT2D eigenvalue weighted by Gasteiger charge is 2.25. The summed E-state index contributed by atoms with van der Waals surface area (Å²) in [4.78, 5) is 0. The molecule has 0 radical (unpaired) electrons. The summed E-state index contributed by atoms with van der Waals surface area (Å²) in [6.45, 7) is 6.38. The number of rotatable bonds is 6. The lowest BCUT2D eigenvalue weighted by Crippen LogP contribution is -2.22. The fourth-order valence-electron chi connectivity index (χ4n) is 1.76. The second kappa shape index (κ2) is 6.15. The molecule has 1 N–H and O–H groups in total. The van der Waals surface area contributed by atoms with Gasteiger partial charge in [0.15, 0.2) is 0 Å². The van der Waals surface area contributed by atoms with Gasteiger partial charge in [0.1, 0.15) is 11.3 Å². The van der Waals surface area contributed by atoms with Crippen LogP contribution in [0.4, 0.5) is 0 Å². The Bertz CT molecular complexity index is 537. The number of benzene rings is 1. The maximum Gasteiger partial charge on any atom is 0.114 e. The summed E-state index contributed by atoms with van der Waals surface area (Å²) in [5, 5.41) is 17.3. The minimum absolute atomic E-state index is 0.0358. The van der Waals surface area contributed by atoms with Crippen LogP contribution in [-0.4, -0.2) is 26.7 Å². The first-order valence-corrected chi connectivity index (χ1v) is 6.74. The van der Waals surface area contributed by atoms with E-state index in [4.69, 9.17) is 9.84 Å². The normalized spacial score (nSPS) is 13.4. The van der Waals surface area contributed by atoms with E-state index in [-0.39, 0.29) is 12.6 Å². The fourth-order valence-corrected chi connectivity index (χ4v) is 1.76. The Morgan fingerprint density at radius 2 is 2.00 bits per heavy atom. The van der Waals surface area contributed by atoms with Crippen LogP contribution in [0, 0.1) is 0 Å². The zero-order valence-corrected chi connectivity index (χ0v) is 12.2. The number of hydrogen-bond donors (Lipinski definition) is 1. The van der Waals surface area contributed by atoms with Crippen LogP contribution in [0.1, 0.15) is 38.1 Å². The van der Waals surface area contributed by atoms with Crippen molar-refractivity contribution in [2.24, 2.45) is 0 Å². The summed E-state index contributed by atoms with van der Waals surface area (Å²) >= 11 is 0. The van der Waals surface area contributed by atoms with Crippen molar-refractivity contribution in [3.8, 4) is 0 Å². The first kappa shape index (κ1) is 14.7. The maximum absolute atomic E-state index is 9.13. The molecule has 0 amide bonds. The molecule has 5 heteroatoms. The second-order valence-corrected chi connectivity index (χ2v) is 5.40. The van der Waals surface area contributed by atoms with E-state index in [0.29, 0.717) is 6.61 Å². The van der Waals surface area contributed by atoms with E-state index < -0.39 is 5.60 Å². The fraction of sp³-hybridized carbons (Fsp3) is 0.467. The quantitative estimate of drug-likeness (QED) is 0.878. The van der Waals surface area contributed by atoms with Crippen molar-refractivity contribution < 1.29 is 9.84 Å². The molecule has 1 atom stereocenters. The number of ether oxygens (including phenoxy) is 1. The Morgan fingerprint density at radius 1 is 1.30 bits per heavy atom. The summed E-state index contributed by atoms with van der Waals surface area (Å²) in [6, 6.07) is 9.94. The number of nitrogens with zero attached hydrogens (tertiary/aromatic N) is 3. The van der Waals surface area contributed by atoms with E-state index in [1.165, 1.54) is 0 Å². The highest BCUT2D eigenvalue weighted by atomic mass is 16.5. The molecule has 0 fully saturated rings. The standard InChI is InChI=1S/C15H21N3O2/c1-12(10-19)18-9-14(16-17-18)15(2,3)20-11-13-7-5-4-6-8-13/h4-9,12,19H,10-11H2,1-3H3/t12-/m0/s1. The summed E-state index contributed by atoms with van der Waals surface area (Å²) in [7, 11) is 0. The van der Waals surface area contributed by atoms with Crippen LogP contribution in [0.3, 0.4) is 0 Å². The Hall–Kier alpha value is -1.72. The van der Waals surface area contributed by atoms with Gasteiger partial charge in [-0.15, -0.1) is 5.10 Å². The summed E-state index contributed by atoms with van der Waals surface area (Å²) in [5.41, 5.74) is 1.36. The molecule has 0 aliphatic heterocycles. The molecule has 0 aliphatic carbocycles. The van der Waals surface area contributed by atoms with Crippen LogP contribution in [0.2, 0.25) is 0 Å². The van der Waals surface area contributed by atoms with Gasteiger partial charge in [-0.25, -0.2) is 4.68 Å². The molecule has 0 bridgehead atoms. The van der Waals surface area contributed by atoms with Crippen molar-refractivity contribution in [2.75, 3.05) is 6.61 Å². The molecule has 5 nitrogen and oxygen atoms in total. The zero-order valence-electron chi connectivity index (χ0n) is 12.2. The Morgan fingerprint density at radius 3 is 2.65 bits per heavy atom. The van der Waals surface area contributed by atoms with Crippen molar-refractivity contribution in [3.63, 3.8) is 0 Å². The predicted octanol–water partition coefficient (Wildman–Crippen LogP) is 2.28. The molecule has 0 unspecified atom stereocenters. The first-order chi connectivity index (χ1) is 9.53. The predicted molar refractivity (Wildman–Crippen MR) is 76.1 cm³/mol. The third-order valence-electron chi connectivity index (χ3n) is 3.29. The first-order valence-electron chi connectivity index (χ1n) is 6.74. The maximum atomic E-state index is 9.13. The van der Waals surface area contributed by atoms with Gasteiger partial charge in [0, 0.05) is 0 Å². The van der Waals surface area contributed by atoms with Gasteiger partial charge in [-0.2, -0.15) is 0 Å². The van der Waals surface area contributed by atoms with Gasteiger partial charge < -0.3 is 9.84 Å². The highest BCUT2D eigenvalue weighted by molar-refractivity contribution is 5.14. The van der Waals surface area contributed by atoms with E-state index in [0.717, 1.165) is 11.3 Å². The number of aliphatic hydroxyl groups is 1. The Kier molecular flexibility index (Phi) is 4.52. The van der Waals surface area contributed by atoms with Crippen molar-refractivity contribution in [3.05, 3.63) is 47.8 Å². The molecular formula is C15H21N3O2. The van der Waals surface area contributed by atoms with E-state index >= 15 is 0 Å². The summed E-state index contributed by atoms with van der Waals surface area (Å²) in [6.07, 6.45) is 1.83. The van der Waals surface area contributed by atoms with Gasteiger partial charge in [-0.05, 0) is 26.3 Å².